The van der Waals surface area contributed by atoms with Crippen LogP contribution in [0.3, 0.4) is 0 Å². The van der Waals surface area contributed by atoms with Gasteiger partial charge in [0.1, 0.15) is 10.5 Å². The zero-order valence-electron chi connectivity index (χ0n) is 9.13. The molecule has 0 radical (unpaired) electrons. The molecule has 0 aliphatic rings. The molecule has 0 unspecified atom stereocenters. The summed E-state index contributed by atoms with van der Waals surface area (Å²) in [5.41, 5.74) is 1.92. The van der Waals surface area contributed by atoms with Crippen LogP contribution in [0.4, 0.5) is 0 Å². The molecule has 0 aliphatic heterocycles. The second-order valence-electron chi connectivity index (χ2n) is 3.58. The van der Waals surface area contributed by atoms with Gasteiger partial charge in [-0.3, -0.25) is 0 Å². The molecule has 2 aromatic rings. The Morgan fingerprint density at radius 3 is 2.65 bits per heavy atom. The molecule has 1 N–H and O–H groups in total. The van der Waals surface area contributed by atoms with Gasteiger partial charge < -0.3 is 4.98 Å². The van der Waals surface area contributed by atoms with Crippen molar-refractivity contribution in [1.29, 1.82) is 0 Å². The van der Waals surface area contributed by atoms with Crippen molar-refractivity contribution < 1.29 is 0 Å². The van der Waals surface area contributed by atoms with Crippen LogP contribution in [-0.4, -0.2) is 9.97 Å². The Morgan fingerprint density at radius 1 is 1.24 bits per heavy atom. The Hall–Kier alpha value is -0.900. The fourth-order valence-electron chi connectivity index (χ4n) is 1.48. The molecule has 1 aromatic heterocycles. The summed E-state index contributed by atoms with van der Waals surface area (Å²) in [4.78, 5) is 7.50. The summed E-state index contributed by atoms with van der Waals surface area (Å²) in [5.74, 6) is 0.716. The van der Waals surface area contributed by atoms with Crippen LogP contribution in [0.1, 0.15) is 12.6 Å². The number of rotatable bonds is 2. The lowest BCUT2D eigenvalue weighted by Gasteiger charge is -2.05. The van der Waals surface area contributed by atoms with Gasteiger partial charge in [-0.2, -0.15) is 0 Å². The third kappa shape index (κ3) is 2.86. The van der Waals surface area contributed by atoms with Crippen LogP contribution < -0.4 is 0 Å². The Bertz CT molecular complexity index is 608. The molecule has 2 nitrogen and oxygen atoms in total. The minimum atomic E-state index is 0.507. The number of H-pyrrole nitrogens is 1. The Balaban J connectivity index is 2.55. The molecule has 0 bridgehead atoms. The summed E-state index contributed by atoms with van der Waals surface area (Å²) in [6.07, 6.45) is 0.875. The number of aromatic amines is 1. The number of halogens is 2. The lowest BCUT2D eigenvalue weighted by atomic mass is 10.2. The highest BCUT2D eigenvalue weighted by Gasteiger charge is 2.04. The highest BCUT2D eigenvalue weighted by molar-refractivity contribution is 7.71. The van der Waals surface area contributed by atoms with Gasteiger partial charge in [0.15, 0.2) is 0 Å². The van der Waals surface area contributed by atoms with E-state index < -0.39 is 0 Å². The Kier molecular flexibility index (Phi) is 3.82. The first-order chi connectivity index (χ1) is 8.10. The summed E-state index contributed by atoms with van der Waals surface area (Å²) in [7, 11) is 0. The van der Waals surface area contributed by atoms with Gasteiger partial charge in [-0.05, 0) is 30.7 Å². The smallest absolute Gasteiger partial charge is 0.139 e. The van der Waals surface area contributed by atoms with E-state index in [9.17, 15) is 0 Å². The lowest BCUT2D eigenvalue weighted by molar-refractivity contribution is 0.999. The van der Waals surface area contributed by atoms with Crippen molar-refractivity contribution in [2.24, 2.45) is 0 Å². The monoisotopic (exact) mass is 284 g/mol. The van der Waals surface area contributed by atoms with E-state index in [0.717, 1.165) is 17.7 Å². The van der Waals surface area contributed by atoms with Crippen molar-refractivity contribution in [1.82, 2.24) is 9.97 Å². The number of benzene rings is 1. The Labute approximate surface area is 115 Å². The largest absolute Gasteiger partial charge is 0.343 e. The molecule has 0 saturated carbocycles. The van der Waals surface area contributed by atoms with E-state index in [1.807, 2.05) is 12.1 Å². The molecule has 2 rings (SSSR count). The zero-order valence-corrected chi connectivity index (χ0v) is 11.5. The maximum Gasteiger partial charge on any atom is 0.139 e. The molecule has 0 fully saturated rings. The van der Waals surface area contributed by atoms with Crippen LogP contribution in [-0.2, 0) is 6.42 Å². The fourth-order valence-corrected chi connectivity index (χ4v) is 2.01. The van der Waals surface area contributed by atoms with Gasteiger partial charge in [-0.1, -0.05) is 42.3 Å². The minimum Gasteiger partial charge on any atom is -0.343 e. The molecule has 0 aliphatic carbocycles. The van der Waals surface area contributed by atoms with Gasteiger partial charge in [0.25, 0.3) is 0 Å². The molecule has 88 valence electrons. The van der Waals surface area contributed by atoms with Gasteiger partial charge in [0.2, 0.25) is 0 Å². The molecule has 0 amide bonds. The second-order valence-corrected chi connectivity index (χ2v) is 4.81. The van der Waals surface area contributed by atoms with Crippen LogP contribution in [0.2, 0.25) is 10.0 Å². The number of nitrogens with one attached hydrogen (secondary N) is 1. The predicted octanol–water partition coefficient (Wildman–Crippen LogP) is 4.68. The quantitative estimate of drug-likeness (QED) is 0.812. The van der Waals surface area contributed by atoms with E-state index in [2.05, 4.69) is 16.9 Å². The standard InChI is InChI=1S/C12H10Cl2N2S/c1-2-8-6-11(17)16-12(15-8)7-3-4-9(13)10(14)5-7/h3-6H,2H2,1H3,(H,15,16,17). The van der Waals surface area contributed by atoms with E-state index in [4.69, 9.17) is 35.4 Å². The maximum absolute atomic E-state index is 5.98. The molecule has 17 heavy (non-hydrogen) atoms. The SMILES string of the molecule is CCc1cc(=S)nc(-c2ccc(Cl)c(Cl)c2)[nH]1. The fraction of sp³-hybridized carbons (Fsp3) is 0.167. The van der Waals surface area contributed by atoms with Crippen LogP contribution in [0.15, 0.2) is 24.3 Å². The summed E-state index contributed by atoms with van der Waals surface area (Å²) in [6.45, 7) is 2.05. The number of aromatic nitrogens is 2. The van der Waals surface area contributed by atoms with E-state index in [1.54, 1.807) is 12.1 Å². The molecule has 5 heteroatoms. The van der Waals surface area contributed by atoms with Gasteiger partial charge in [0, 0.05) is 11.3 Å². The normalized spacial score (nSPS) is 10.5. The third-order valence-electron chi connectivity index (χ3n) is 2.37. The molecule has 1 heterocycles. The van der Waals surface area contributed by atoms with Crippen LogP contribution in [0.5, 0.6) is 0 Å². The van der Waals surface area contributed by atoms with Gasteiger partial charge >= 0.3 is 0 Å². The van der Waals surface area contributed by atoms with E-state index >= 15 is 0 Å². The number of hydrogen-bond donors (Lipinski definition) is 1. The summed E-state index contributed by atoms with van der Waals surface area (Å²) in [6, 6.07) is 7.24. The first-order valence-electron chi connectivity index (χ1n) is 5.16. The van der Waals surface area contributed by atoms with E-state index in [0.29, 0.717) is 20.5 Å². The van der Waals surface area contributed by atoms with E-state index in [1.165, 1.54) is 0 Å². The third-order valence-corrected chi connectivity index (χ3v) is 3.32. The number of nitrogens with zero attached hydrogens (tertiary/aromatic N) is 1. The van der Waals surface area contributed by atoms with Crippen molar-refractivity contribution in [2.45, 2.75) is 13.3 Å². The summed E-state index contributed by atoms with van der Waals surface area (Å²) in [5, 5.41) is 1.04. The summed E-state index contributed by atoms with van der Waals surface area (Å²) >= 11 is 17.0. The highest BCUT2D eigenvalue weighted by Crippen LogP contribution is 2.26. The van der Waals surface area contributed by atoms with Crippen molar-refractivity contribution in [3.8, 4) is 11.4 Å². The maximum atomic E-state index is 5.98. The zero-order chi connectivity index (χ0) is 12.4. The van der Waals surface area contributed by atoms with Crippen molar-refractivity contribution in [3.05, 3.63) is 44.6 Å². The highest BCUT2D eigenvalue weighted by atomic mass is 35.5. The minimum absolute atomic E-state index is 0.507. The average molecular weight is 285 g/mol. The van der Waals surface area contributed by atoms with Crippen LogP contribution >= 0.6 is 35.4 Å². The molecule has 0 spiro atoms. The number of aryl methyl sites for hydroxylation is 1. The van der Waals surface area contributed by atoms with Gasteiger partial charge in [0.05, 0.1) is 10.0 Å². The van der Waals surface area contributed by atoms with Crippen LogP contribution in [0, 0.1) is 4.64 Å². The van der Waals surface area contributed by atoms with Gasteiger partial charge in [-0.15, -0.1) is 0 Å². The molecule has 0 atom stereocenters. The van der Waals surface area contributed by atoms with Crippen molar-refractivity contribution >= 4 is 35.4 Å². The molecule has 0 saturated heterocycles. The molecular weight excluding hydrogens is 275 g/mol. The Morgan fingerprint density at radius 2 is 2.00 bits per heavy atom. The average Bonchev–Trinajstić information content (AvgIpc) is 2.32. The molecular formula is C12H10Cl2N2S. The number of hydrogen-bond acceptors (Lipinski definition) is 2. The molecule has 1 aromatic carbocycles. The van der Waals surface area contributed by atoms with E-state index in [-0.39, 0.29) is 0 Å². The van der Waals surface area contributed by atoms with Crippen molar-refractivity contribution in [3.63, 3.8) is 0 Å². The first kappa shape index (κ1) is 12.6. The van der Waals surface area contributed by atoms with Crippen LogP contribution in [0.25, 0.3) is 11.4 Å². The first-order valence-corrected chi connectivity index (χ1v) is 6.32. The summed E-state index contributed by atoms with van der Waals surface area (Å²) < 4.78 is 0.571. The second kappa shape index (κ2) is 5.17. The van der Waals surface area contributed by atoms with Crippen molar-refractivity contribution in [2.75, 3.05) is 0 Å². The predicted molar refractivity (Wildman–Crippen MR) is 74.3 cm³/mol. The topological polar surface area (TPSA) is 28.7 Å². The van der Waals surface area contributed by atoms with Gasteiger partial charge in [-0.25, -0.2) is 4.98 Å². The lowest BCUT2D eigenvalue weighted by Crippen LogP contribution is -1.94.